The lowest BCUT2D eigenvalue weighted by atomic mass is 9.85. The van der Waals surface area contributed by atoms with E-state index in [-0.39, 0.29) is 35.2 Å². The van der Waals surface area contributed by atoms with Crippen molar-refractivity contribution in [3.05, 3.63) is 46.2 Å². The van der Waals surface area contributed by atoms with Crippen molar-refractivity contribution in [3.8, 4) is 5.88 Å². The molecule has 0 saturated heterocycles. The van der Waals surface area contributed by atoms with E-state index < -0.39 is 19.1 Å². The number of hydrogen-bond donors (Lipinski definition) is 1. The molecule has 4 rings (SSSR count). The van der Waals surface area contributed by atoms with Crippen LogP contribution in [0, 0.1) is 5.92 Å². The summed E-state index contributed by atoms with van der Waals surface area (Å²) in [6, 6.07) is 2.79. The first-order valence-corrected chi connectivity index (χ1v) is 10.4. The molecule has 0 spiro atoms. The fourth-order valence-electron chi connectivity index (χ4n) is 3.66. The van der Waals surface area contributed by atoms with Crippen molar-refractivity contribution in [3.63, 3.8) is 0 Å². The quantitative estimate of drug-likeness (QED) is 0.682. The van der Waals surface area contributed by atoms with Gasteiger partial charge in [-0.3, -0.25) is 9.59 Å². The van der Waals surface area contributed by atoms with Gasteiger partial charge in [-0.2, -0.15) is 0 Å². The van der Waals surface area contributed by atoms with Crippen LogP contribution < -0.4 is 10.1 Å². The van der Waals surface area contributed by atoms with Crippen molar-refractivity contribution in [1.82, 2.24) is 14.9 Å². The Morgan fingerprint density at radius 2 is 2.16 bits per heavy atom. The molecule has 2 aromatic heterocycles. The van der Waals surface area contributed by atoms with Gasteiger partial charge in [0.1, 0.15) is 10.8 Å². The van der Waals surface area contributed by atoms with E-state index in [0.717, 1.165) is 19.3 Å². The summed E-state index contributed by atoms with van der Waals surface area (Å²) >= 11 is 6.13. The Labute approximate surface area is 182 Å². The van der Waals surface area contributed by atoms with Crippen molar-refractivity contribution in [1.29, 1.82) is 0 Å². The van der Waals surface area contributed by atoms with Gasteiger partial charge in [0.2, 0.25) is 11.8 Å². The fraction of sp³-hybridized carbons (Fsp3) is 0.429. The van der Waals surface area contributed by atoms with E-state index in [2.05, 4.69) is 15.3 Å². The molecule has 0 radical (unpaired) electrons. The van der Waals surface area contributed by atoms with Crippen LogP contribution in [0.4, 0.5) is 14.6 Å². The van der Waals surface area contributed by atoms with Gasteiger partial charge in [0, 0.05) is 29.4 Å². The molecule has 31 heavy (non-hydrogen) atoms. The summed E-state index contributed by atoms with van der Waals surface area (Å²) in [5.74, 6) is 0.0620. The number of nitrogens with one attached hydrogen (secondary N) is 1. The Kier molecular flexibility index (Phi) is 6.04. The largest absolute Gasteiger partial charge is 0.471 e. The molecular formula is C21H21ClF2N4O3. The third kappa shape index (κ3) is 4.32. The van der Waals surface area contributed by atoms with Crippen molar-refractivity contribution in [2.75, 3.05) is 11.9 Å². The van der Waals surface area contributed by atoms with Crippen LogP contribution in [0.3, 0.4) is 0 Å². The zero-order chi connectivity index (χ0) is 22.1. The predicted molar refractivity (Wildman–Crippen MR) is 109 cm³/mol. The molecule has 1 unspecified atom stereocenters. The highest BCUT2D eigenvalue weighted by atomic mass is 35.5. The average molecular weight is 451 g/mol. The zero-order valence-corrected chi connectivity index (χ0v) is 17.5. The number of halogens is 3. The Morgan fingerprint density at radius 3 is 2.81 bits per heavy atom. The van der Waals surface area contributed by atoms with Gasteiger partial charge >= 0.3 is 0 Å². The minimum absolute atomic E-state index is 0.00353. The van der Waals surface area contributed by atoms with E-state index in [1.165, 1.54) is 12.4 Å². The smallest absolute Gasteiger partial charge is 0.272 e. The lowest BCUT2D eigenvalue weighted by molar-refractivity contribution is -0.122. The summed E-state index contributed by atoms with van der Waals surface area (Å²) in [6.07, 6.45) is 3.11. The number of amides is 2. The summed E-state index contributed by atoms with van der Waals surface area (Å²) < 4.78 is 29.6. The third-order valence-corrected chi connectivity index (χ3v) is 5.99. The molecule has 1 saturated carbocycles. The molecule has 2 aliphatic rings. The molecule has 7 nitrogen and oxygen atoms in total. The standard InChI is InChI=1S/C21H21ClF2N4O3/c1-11(13-7-16(22)20(26-8-13)31-10-17(23)24)28-9-15-14(21(28)30)5-6-25-18(15)27-19(29)12-3-2-4-12/h5-8,11-12,17H,2-4,9-10H2,1H3,(H,25,27,29). The molecule has 1 atom stereocenters. The number of fused-ring (bicyclic) bond motifs is 1. The van der Waals surface area contributed by atoms with E-state index >= 15 is 0 Å². The normalized spacial score (nSPS) is 16.8. The molecular weight excluding hydrogens is 430 g/mol. The second-order valence-corrected chi connectivity index (χ2v) is 8.08. The molecule has 164 valence electrons. The van der Waals surface area contributed by atoms with Gasteiger partial charge in [0.15, 0.2) is 6.61 Å². The number of alkyl halides is 2. The number of hydrogen-bond acceptors (Lipinski definition) is 5. The molecule has 0 aromatic carbocycles. The minimum atomic E-state index is -2.63. The maximum absolute atomic E-state index is 13.0. The van der Waals surface area contributed by atoms with Crippen LogP contribution in [0.2, 0.25) is 5.02 Å². The van der Waals surface area contributed by atoms with E-state index in [0.29, 0.717) is 22.5 Å². The Bertz CT molecular complexity index is 1020. The molecule has 1 N–H and O–H groups in total. The summed E-state index contributed by atoms with van der Waals surface area (Å²) in [5.41, 5.74) is 1.79. The van der Waals surface area contributed by atoms with Crippen LogP contribution in [0.25, 0.3) is 0 Å². The number of anilines is 1. The second-order valence-electron chi connectivity index (χ2n) is 7.67. The van der Waals surface area contributed by atoms with Crippen molar-refractivity contribution in [2.24, 2.45) is 5.92 Å². The van der Waals surface area contributed by atoms with Gasteiger partial charge < -0.3 is 15.0 Å². The number of nitrogens with zero attached hydrogens (tertiary/aromatic N) is 3. The number of ether oxygens (including phenoxy) is 1. The first-order chi connectivity index (χ1) is 14.8. The lowest BCUT2D eigenvalue weighted by Crippen LogP contribution is -2.29. The maximum atomic E-state index is 13.0. The van der Waals surface area contributed by atoms with E-state index in [1.54, 1.807) is 17.0 Å². The number of rotatable bonds is 7. The summed E-state index contributed by atoms with van der Waals surface area (Å²) in [7, 11) is 0. The highest BCUT2D eigenvalue weighted by Crippen LogP contribution is 2.36. The van der Waals surface area contributed by atoms with E-state index in [9.17, 15) is 18.4 Å². The van der Waals surface area contributed by atoms with Gasteiger partial charge in [-0.1, -0.05) is 18.0 Å². The van der Waals surface area contributed by atoms with Gasteiger partial charge in [0.25, 0.3) is 12.3 Å². The van der Waals surface area contributed by atoms with Gasteiger partial charge in [-0.25, -0.2) is 18.7 Å². The average Bonchev–Trinajstić information content (AvgIpc) is 3.02. The maximum Gasteiger partial charge on any atom is 0.272 e. The molecule has 2 aromatic rings. The molecule has 1 fully saturated rings. The molecule has 1 aliphatic heterocycles. The SMILES string of the molecule is CC(c1cnc(OCC(F)F)c(Cl)c1)N1Cc2c(ccnc2NC(=O)C2CCC2)C1=O. The molecule has 3 heterocycles. The van der Waals surface area contributed by atoms with Crippen LogP contribution in [-0.2, 0) is 11.3 Å². The highest BCUT2D eigenvalue weighted by molar-refractivity contribution is 6.31. The first kappa shape index (κ1) is 21.4. The van der Waals surface area contributed by atoms with Crippen molar-refractivity contribution >= 4 is 29.2 Å². The lowest BCUT2D eigenvalue weighted by Gasteiger charge is -2.25. The number of carbonyl (C=O) groups is 2. The van der Waals surface area contributed by atoms with Crippen LogP contribution in [-0.4, -0.2) is 39.7 Å². The molecule has 2 amide bonds. The van der Waals surface area contributed by atoms with Crippen LogP contribution in [0.1, 0.15) is 53.7 Å². The topological polar surface area (TPSA) is 84.4 Å². The van der Waals surface area contributed by atoms with Gasteiger partial charge in [-0.05, 0) is 37.5 Å². The summed E-state index contributed by atoms with van der Waals surface area (Å²) in [4.78, 5) is 35.3. The predicted octanol–water partition coefficient (Wildman–Crippen LogP) is 4.23. The van der Waals surface area contributed by atoms with Crippen LogP contribution in [0.5, 0.6) is 5.88 Å². The number of pyridine rings is 2. The molecule has 1 aliphatic carbocycles. The van der Waals surface area contributed by atoms with Crippen molar-refractivity contribution < 1.29 is 23.1 Å². The van der Waals surface area contributed by atoms with E-state index in [4.69, 9.17) is 16.3 Å². The van der Waals surface area contributed by atoms with Crippen molar-refractivity contribution in [2.45, 2.75) is 45.2 Å². The molecule has 10 heteroatoms. The minimum Gasteiger partial charge on any atom is -0.471 e. The zero-order valence-electron chi connectivity index (χ0n) is 16.8. The number of carbonyl (C=O) groups excluding carboxylic acids is 2. The van der Waals surface area contributed by atoms with Gasteiger partial charge in [-0.15, -0.1) is 0 Å². The molecule has 0 bridgehead atoms. The Morgan fingerprint density at radius 1 is 1.39 bits per heavy atom. The third-order valence-electron chi connectivity index (χ3n) is 5.72. The summed E-state index contributed by atoms with van der Waals surface area (Å²) in [6.45, 7) is 1.28. The highest BCUT2D eigenvalue weighted by Gasteiger charge is 2.35. The van der Waals surface area contributed by atoms with Gasteiger partial charge in [0.05, 0.1) is 12.6 Å². The van der Waals surface area contributed by atoms with E-state index in [1.807, 2.05) is 6.92 Å². The van der Waals surface area contributed by atoms with Crippen LogP contribution >= 0.6 is 11.6 Å². The summed E-state index contributed by atoms with van der Waals surface area (Å²) in [5, 5.41) is 2.95. The monoisotopic (exact) mass is 450 g/mol. The number of aromatic nitrogens is 2. The van der Waals surface area contributed by atoms with Crippen LogP contribution in [0.15, 0.2) is 24.5 Å². The first-order valence-electron chi connectivity index (χ1n) is 10.0. The fourth-order valence-corrected chi connectivity index (χ4v) is 3.89. The Balaban J connectivity index is 1.51. The Hall–Kier alpha value is -2.81. The second kappa shape index (κ2) is 8.74.